The second-order valence-electron chi connectivity index (χ2n) is 8.71. The summed E-state index contributed by atoms with van der Waals surface area (Å²) in [4.78, 5) is 27.9. The molecule has 4 heterocycles. The number of dihydropyridines is 1. The van der Waals surface area contributed by atoms with Gasteiger partial charge in [0.15, 0.2) is 5.78 Å². The van der Waals surface area contributed by atoms with E-state index in [0.717, 1.165) is 30.7 Å². The van der Waals surface area contributed by atoms with E-state index < -0.39 is 11.9 Å². The molecule has 168 valence electrons. The standard InChI is InChI=1S/C25H27NO5S/c1-14-7-8-20(31-14)24-22(25(28)30-13-17-5-3-9-29-17)15(2)26-18-11-16(12-19(27)23(18)24)21-6-4-10-32-21/h4,6-8,10,16-17,24,26H,3,5,9,11-13H2,1-2H3. The average molecular weight is 454 g/mol. The first-order valence-corrected chi connectivity index (χ1v) is 12.0. The number of ether oxygens (including phenoxy) is 2. The molecule has 0 spiro atoms. The molecule has 5 rings (SSSR count). The van der Waals surface area contributed by atoms with Gasteiger partial charge in [-0.15, -0.1) is 11.3 Å². The molecule has 2 aromatic rings. The predicted octanol–water partition coefficient (Wildman–Crippen LogP) is 4.73. The molecule has 3 aliphatic rings. The third-order valence-electron chi connectivity index (χ3n) is 6.46. The normalized spacial score (nSPS) is 25.7. The van der Waals surface area contributed by atoms with Gasteiger partial charge in [0.05, 0.1) is 17.6 Å². The fraction of sp³-hybridized carbons (Fsp3) is 0.440. The van der Waals surface area contributed by atoms with Crippen molar-refractivity contribution in [1.29, 1.82) is 0 Å². The summed E-state index contributed by atoms with van der Waals surface area (Å²) in [5.41, 5.74) is 2.66. The number of aryl methyl sites for hydroxylation is 1. The van der Waals surface area contributed by atoms with Gasteiger partial charge in [0.2, 0.25) is 0 Å². The van der Waals surface area contributed by atoms with Gasteiger partial charge in [0, 0.05) is 40.8 Å². The quantitative estimate of drug-likeness (QED) is 0.660. The number of hydrogen-bond acceptors (Lipinski definition) is 7. The SMILES string of the molecule is CC1=C(C(=O)OCC2CCCO2)C(c2ccc(C)o2)C2=C(CC(c3cccs3)CC2=O)N1. The van der Waals surface area contributed by atoms with E-state index in [1.54, 1.807) is 11.3 Å². The molecule has 0 bridgehead atoms. The van der Waals surface area contributed by atoms with Crippen molar-refractivity contribution in [2.75, 3.05) is 13.2 Å². The Balaban J connectivity index is 1.48. The van der Waals surface area contributed by atoms with Crippen LogP contribution in [0.1, 0.15) is 60.8 Å². The van der Waals surface area contributed by atoms with Crippen LogP contribution in [0.5, 0.6) is 0 Å². The van der Waals surface area contributed by atoms with E-state index in [1.165, 1.54) is 4.88 Å². The maximum atomic E-state index is 13.4. The first kappa shape index (κ1) is 21.2. The molecule has 3 atom stereocenters. The highest BCUT2D eigenvalue weighted by Gasteiger charge is 2.43. The van der Waals surface area contributed by atoms with E-state index in [9.17, 15) is 9.59 Å². The van der Waals surface area contributed by atoms with Crippen LogP contribution in [0, 0.1) is 6.92 Å². The van der Waals surface area contributed by atoms with E-state index >= 15 is 0 Å². The van der Waals surface area contributed by atoms with Crippen molar-refractivity contribution in [1.82, 2.24) is 5.32 Å². The van der Waals surface area contributed by atoms with Gasteiger partial charge in [0.1, 0.15) is 18.1 Å². The number of carbonyl (C=O) groups excluding carboxylic acids is 2. The predicted molar refractivity (Wildman–Crippen MR) is 120 cm³/mol. The van der Waals surface area contributed by atoms with Crippen molar-refractivity contribution in [3.8, 4) is 0 Å². The Hall–Kier alpha value is -2.64. The molecule has 0 amide bonds. The minimum Gasteiger partial charge on any atom is -0.465 e. The zero-order chi connectivity index (χ0) is 22.2. The molecule has 7 heteroatoms. The van der Waals surface area contributed by atoms with E-state index in [1.807, 2.05) is 37.4 Å². The fourth-order valence-electron chi connectivity index (χ4n) is 4.95. The van der Waals surface area contributed by atoms with E-state index in [0.29, 0.717) is 35.6 Å². The third kappa shape index (κ3) is 3.95. The number of nitrogens with one attached hydrogen (secondary N) is 1. The van der Waals surface area contributed by atoms with Crippen molar-refractivity contribution in [2.24, 2.45) is 0 Å². The highest BCUT2D eigenvalue weighted by atomic mass is 32.1. The molecular formula is C25H27NO5S. The van der Waals surface area contributed by atoms with Crippen LogP contribution < -0.4 is 5.32 Å². The van der Waals surface area contributed by atoms with Crippen molar-refractivity contribution < 1.29 is 23.5 Å². The zero-order valence-electron chi connectivity index (χ0n) is 18.3. The molecule has 1 aliphatic carbocycles. The molecule has 32 heavy (non-hydrogen) atoms. The Labute approximate surface area is 191 Å². The maximum absolute atomic E-state index is 13.4. The molecule has 0 aromatic carbocycles. The maximum Gasteiger partial charge on any atom is 0.336 e. The lowest BCUT2D eigenvalue weighted by atomic mass is 9.74. The molecule has 1 N–H and O–H groups in total. The molecule has 2 aliphatic heterocycles. The van der Waals surface area contributed by atoms with Crippen LogP contribution in [0.15, 0.2) is 56.6 Å². The Kier molecular flexibility index (Phi) is 5.78. The van der Waals surface area contributed by atoms with Gasteiger partial charge in [-0.1, -0.05) is 6.07 Å². The second-order valence-corrected chi connectivity index (χ2v) is 9.69. The monoisotopic (exact) mass is 453 g/mol. The van der Waals surface area contributed by atoms with E-state index in [2.05, 4.69) is 11.4 Å². The summed E-state index contributed by atoms with van der Waals surface area (Å²) < 4.78 is 17.2. The number of ketones is 1. The average Bonchev–Trinajstić information content (AvgIpc) is 3.53. The Morgan fingerprint density at radius 1 is 1.25 bits per heavy atom. The number of rotatable bonds is 5. The minimum atomic E-state index is -0.561. The Morgan fingerprint density at radius 3 is 2.81 bits per heavy atom. The van der Waals surface area contributed by atoms with E-state index in [-0.39, 0.29) is 24.4 Å². The molecular weight excluding hydrogens is 426 g/mol. The number of Topliss-reactive ketones (excluding diaryl/α,β-unsaturated/α-hetero) is 1. The zero-order valence-corrected chi connectivity index (χ0v) is 19.1. The van der Waals surface area contributed by atoms with E-state index in [4.69, 9.17) is 13.9 Å². The van der Waals surface area contributed by atoms with Crippen LogP contribution in [-0.2, 0) is 19.1 Å². The number of esters is 1. The van der Waals surface area contributed by atoms with Crippen LogP contribution in [0.3, 0.4) is 0 Å². The Bertz CT molecular complexity index is 1090. The largest absolute Gasteiger partial charge is 0.465 e. The summed E-state index contributed by atoms with van der Waals surface area (Å²) >= 11 is 1.68. The van der Waals surface area contributed by atoms with Crippen LogP contribution in [-0.4, -0.2) is 31.1 Å². The lowest BCUT2D eigenvalue weighted by Gasteiger charge is -2.35. The number of hydrogen-bond donors (Lipinski definition) is 1. The van der Waals surface area contributed by atoms with Gasteiger partial charge >= 0.3 is 5.97 Å². The van der Waals surface area contributed by atoms with Gasteiger partial charge < -0.3 is 19.2 Å². The molecule has 1 fully saturated rings. The van der Waals surface area contributed by atoms with Gasteiger partial charge in [-0.3, -0.25) is 4.79 Å². The van der Waals surface area contributed by atoms with Crippen molar-refractivity contribution in [2.45, 2.75) is 57.5 Å². The number of carbonyl (C=O) groups is 2. The molecule has 2 aromatic heterocycles. The summed E-state index contributed by atoms with van der Waals surface area (Å²) in [5, 5.41) is 5.42. The summed E-state index contributed by atoms with van der Waals surface area (Å²) in [6.07, 6.45) is 2.97. The topological polar surface area (TPSA) is 77.8 Å². The molecule has 0 saturated carbocycles. The van der Waals surface area contributed by atoms with Crippen molar-refractivity contribution in [3.05, 3.63) is 68.6 Å². The number of allylic oxidation sites excluding steroid dienone is 3. The van der Waals surface area contributed by atoms with Crippen molar-refractivity contribution >= 4 is 23.1 Å². The third-order valence-corrected chi connectivity index (χ3v) is 7.50. The lowest BCUT2D eigenvalue weighted by Crippen LogP contribution is -2.36. The summed E-state index contributed by atoms with van der Waals surface area (Å²) in [6, 6.07) is 7.82. The Morgan fingerprint density at radius 2 is 2.12 bits per heavy atom. The highest BCUT2D eigenvalue weighted by Crippen LogP contribution is 2.46. The van der Waals surface area contributed by atoms with Crippen molar-refractivity contribution in [3.63, 3.8) is 0 Å². The molecule has 1 saturated heterocycles. The van der Waals surface area contributed by atoms with Gasteiger partial charge in [-0.2, -0.15) is 0 Å². The first-order chi connectivity index (χ1) is 15.5. The second kappa shape index (κ2) is 8.71. The molecule has 6 nitrogen and oxygen atoms in total. The highest BCUT2D eigenvalue weighted by molar-refractivity contribution is 7.10. The number of thiophene rings is 1. The van der Waals surface area contributed by atoms with Crippen LogP contribution in [0.2, 0.25) is 0 Å². The van der Waals surface area contributed by atoms with Gasteiger partial charge in [-0.25, -0.2) is 4.79 Å². The molecule has 3 unspecified atom stereocenters. The summed E-state index contributed by atoms with van der Waals surface area (Å²) in [7, 11) is 0. The fourth-order valence-corrected chi connectivity index (χ4v) is 5.78. The van der Waals surface area contributed by atoms with Gasteiger partial charge in [0.25, 0.3) is 0 Å². The molecule has 0 radical (unpaired) electrons. The number of furan rings is 1. The van der Waals surface area contributed by atoms with Crippen LogP contribution in [0.25, 0.3) is 0 Å². The lowest BCUT2D eigenvalue weighted by molar-refractivity contribution is -0.142. The summed E-state index contributed by atoms with van der Waals surface area (Å²) in [6.45, 7) is 4.66. The van der Waals surface area contributed by atoms with Crippen LogP contribution in [0.4, 0.5) is 0 Å². The smallest absolute Gasteiger partial charge is 0.336 e. The minimum absolute atomic E-state index is 0.0492. The summed E-state index contributed by atoms with van der Waals surface area (Å²) in [5.74, 6) is 0.549. The van der Waals surface area contributed by atoms with Gasteiger partial charge in [-0.05, 0) is 56.7 Å². The van der Waals surface area contributed by atoms with Crippen LogP contribution >= 0.6 is 11.3 Å². The first-order valence-electron chi connectivity index (χ1n) is 11.1.